The maximum Gasteiger partial charge on any atom is 0.0615 e. The Bertz CT molecular complexity index is 224. The van der Waals surface area contributed by atoms with E-state index in [1.165, 1.54) is 38.6 Å². The summed E-state index contributed by atoms with van der Waals surface area (Å²) >= 11 is 0. The van der Waals surface area contributed by atoms with Crippen molar-refractivity contribution in [1.29, 1.82) is 0 Å². The van der Waals surface area contributed by atoms with Crippen LogP contribution in [0.4, 0.5) is 0 Å². The third kappa shape index (κ3) is 2.41. The molecule has 2 saturated carbocycles. The summed E-state index contributed by atoms with van der Waals surface area (Å²) in [4.78, 5) is 2.50. The van der Waals surface area contributed by atoms with Gasteiger partial charge in [-0.2, -0.15) is 0 Å². The molecule has 2 aliphatic rings. The van der Waals surface area contributed by atoms with Crippen molar-refractivity contribution in [3.8, 4) is 0 Å². The van der Waals surface area contributed by atoms with Crippen molar-refractivity contribution in [2.45, 2.75) is 50.1 Å². The van der Waals surface area contributed by atoms with Crippen LogP contribution in [-0.2, 0) is 0 Å². The Balaban J connectivity index is 1.82. The zero-order valence-electron chi connectivity index (χ0n) is 10.7. The Labute approximate surface area is 99.2 Å². The van der Waals surface area contributed by atoms with Crippen molar-refractivity contribution in [2.75, 3.05) is 27.2 Å². The Morgan fingerprint density at radius 2 is 2.12 bits per heavy atom. The standard InChI is InChI=1S/C13H26N2O/c1-14-13(10-16)8-3-4-11(13)7-9-15(2)12-5-6-12/h11-12,14,16H,3-10H2,1-2H3. The summed E-state index contributed by atoms with van der Waals surface area (Å²) in [5.74, 6) is 0.656. The highest BCUT2D eigenvalue weighted by atomic mass is 16.3. The van der Waals surface area contributed by atoms with Gasteiger partial charge in [0.25, 0.3) is 0 Å². The van der Waals surface area contributed by atoms with Gasteiger partial charge in [-0.15, -0.1) is 0 Å². The number of aliphatic hydroxyl groups is 1. The molecular weight excluding hydrogens is 200 g/mol. The lowest BCUT2D eigenvalue weighted by Gasteiger charge is -2.34. The van der Waals surface area contributed by atoms with E-state index >= 15 is 0 Å². The minimum atomic E-state index is 0.0182. The van der Waals surface area contributed by atoms with E-state index in [4.69, 9.17) is 0 Å². The molecule has 0 heterocycles. The van der Waals surface area contributed by atoms with Crippen LogP contribution in [0.15, 0.2) is 0 Å². The number of hydrogen-bond donors (Lipinski definition) is 2. The Morgan fingerprint density at radius 3 is 2.69 bits per heavy atom. The molecule has 2 unspecified atom stereocenters. The first kappa shape index (κ1) is 12.3. The summed E-state index contributed by atoms with van der Waals surface area (Å²) in [6.07, 6.45) is 7.68. The quantitative estimate of drug-likeness (QED) is 0.715. The zero-order chi connectivity index (χ0) is 11.6. The molecule has 94 valence electrons. The van der Waals surface area contributed by atoms with Crippen molar-refractivity contribution in [2.24, 2.45) is 5.92 Å². The number of hydrogen-bond acceptors (Lipinski definition) is 3. The highest BCUT2D eigenvalue weighted by Gasteiger charge is 2.41. The normalized spacial score (nSPS) is 34.9. The van der Waals surface area contributed by atoms with Crippen molar-refractivity contribution in [3.63, 3.8) is 0 Å². The molecule has 2 fully saturated rings. The molecule has 0 amide bonds. The monoisotopic (exact) mass is 226 g/mol. The maximum absolute atomic E-state index is 9.60. The van der Waals surface area contributed by atoms with Crippen molar-refractivity contribution >= 4 is 0 Å². The summed E-state index contributed by atoms with van der Waals surface area (Å²) < 4.78 is 0. The number of nitrogens with zero attached hydrogens (tertiary/aromatic N) is 1. The molecule has 0 bridgehead atoms. The van der Waals surface area contributed by atoms with Crippen LogP contribution in [0.2, 0.25) is 0 Å². The van der Waals surface area contributed by atoms with E-state index in [-0.39, 0.29) is 5.54 Å². The van der Waals surface area contributed by atoms with Crippen LogP contribution < -0.4 is 5.32 Å². The molecule has 0 aromatic carbocycles. The summed E-state index contributed by atoms with van der Waals surface area (Å²) in [6.45, 7) is 1.49. The minimum Gasteiger partial charge on any atom is -0.394 e. The first-order valence-electron chi connectivity index (χ1n) is 6.72. The van der Waals surface area contributed by atoms with Gasteiger partial charge < -0.3 is 15.3 Å². The van der Waals surface area contributed by atoms with Crippen LogP contribution in [0.1, 0.15) is 38.5 Å². The number of aliphatic hydroxyl groups excluding tert-OH is 1. The largest absolute Gasteiger partial charge is 0.394 e. The molecule has 2 atom stereocenters. The van der Waals surface area contributed by atoms with Crippen LogP contribution in [0.5, 0.6) is 0 Å². The van der Waals surface area contributed by atoms with Crippen LogP contribution in [0.25, 0.3) is 0 Å². The number of likely N-dealkylation sites (N-methyl/N-ethyl adjacent to an activating group) is 1. The number of nitrogens with one attached hydrogen (secondary N) is 1. The molecule has 2 rings (SSSR count). The van der Waals surface area contributed by atoms with Gasteiger partial charge in [0, 0.05) is 11.6 Å². The van der Waals surface area contributed by atoms with E-state index in [1.807, 2.05) is 7.05 Å². The first-order chi connectivity index (χ1) is 7.72. The van der Waals surface area contributed by atoms with Crippen LogP contribution in [0, 0.1) is 5.92 Å². The average Bonchev–Trinajstić information content (AvgIpc) is 3.07. The average molecular weight is 226 g/mol. The zero-order valence-corrected chi connectivity index (χ0v) is 10.7. The van der Waals surface area contributed by atoms with Crippen molar-refractivity contribution < 1.29 is 5.11 Å². The smallest absolute Gasteiger partial charge is 0.0615 e. The predicted octanol–water partition coefficient (Wildman–Crippen LogP) is 1.22. The van der Waals surface area contributed by atoms with Gasteiger partial charge in [-0.05, 0) is 58.7 Å². The summed E-state index contributed by atoms with van der Waals surface area (Å²) in [7, 11) is 4.24. The van der Waals surface area contributed by atoms with Gasteiger partial charge in [0.15, 0.2) is 0 Å². The molecule has 2 aliphatic carbocycles. The van der Waals surface area contributed by atoms with Gasteiger partial charge in [0.2, 0.25) is 0 Å². The van der Waals surface area contributed by atoms with Gasteiger partial charge in [-0.3, -0.25) is 0 Å². The van der Waals surface area contributed by atoms with E-state index in [9.17, 15) is 5.11 Å². The molecule has 0 radical (unpaired) electrons. The Hall–Kier alpha value is -0.120. The van der Waals surface area contributed by atoms with E-state index in [0.29, 0.717) is 12.5 Å². The Kier molecular flexibility index (Phi) is 3.88. The van der Waals surface area contributed by atoms with E-state index in [0.717, 1.165) is 12.5 Å². The lowest BCUT2D eigenvalue weighted by atomic mass is 9.85. The van der Waals surface area contributed by atoms with Gasteiger partial charge in [0.1, 0.15) is 0 Å². The first-order valence-corrected chi connectivity index (χ1v) is 6.72. The van der Waals surface area contributed by atoms with Gasteiger partial charge in [0.05, 0.1) is 6.61 Å². The molecule has 0 aliphatic heterocycles. The van der Waals surface area contributed by atoms with E-state index < -0.39 is 0 Å². The fraction of sp³-hybridized carbons (Fsp3) is 1.00. The predicted molar refractivity (Wildman–Crippen MR) is 66.5 cm³/mol. The third-order valence-corrected chi connectivity index (χ3v) is 4.74. The molecule has 3 heteroatoms. The molecule has 0 aromatic rings. The number of rotatable bonds is 6. The molecule has 3 nitrogen and oxygen atoms in total. The summed E-state index contributed by atoms with van der Waals surface area (Å²) in [6, 6.07) is 0.861. The molecular formula is C13H26N2O. The third-order valence-electron chi connectivity index (χ3n) is 4.74. The van der Waals surface area contributed by atoms with Gasteiger partial charge in [-0.1, -0.05) is 6.42 Å². The second-order valence-corrected chi connectivity index (χ2v) is 5.65. The Morgan fingerprint density at radius 1 is 1.38 bits per heavy atom. The summed E-state index contributed by atoms with van der Waals surface area (Å²) in [5, 5.41) is 13.0. The highest BCUT2D eigenvalue weighted by Crippen LogP contribution is 2.38. The van der Waals surface area contributed by atoms with E-state index in [2.05, 4.69) is 17.3 Å². The highest BCUT2D eigenvalue weighted by molar-refractivity contribution is 4.98. The minimum absolute atomic E-state index is 0.0182. The SMILES string of the molecule is CNC1(CO)CCCC1CCN(C)C1CC1. The maximum atomic E-state index is 9.60. The summed E-state index contributed by atoms with van der Waals surface area (Å²) in [5.41, 5.74) is 0.0182. The molecule has 0 saturated heterocycles. The fourth-order valence-electron chi connectivity index (χ4n) is 3.24. The fourth-order valence-corrected chi connectivity index (χ4v) is 3.24. The molecule has 2 N–H and O–H groups in total. The molecule has 16 heavy (non-hydrogen) atoms. The lowest BCUT2D eigenvalue weighted by Crippen LogP contribution is -2.50. The van der Waals surface area contributed by atoms with Crippen LogP contribution >= 0.6 is 0 Å². The molecule has 0 spiro atoms. The van der Waals surface area contributed by atoms with Gasteiger partial charge in [-0.25, -0.2) is 0 Å². The van der Waals surface area contributed by atoms with Gasteiger partial charge >= 0.3 is 0 Å². The van der Waals surface area contributed by atoms with Crippen molar-refractivity contribution in [3.05, 3.63) is 0 Å². The van der Waals surface area contributed by atoms with Crippen LogP contribution in [0.3, 0.4) is 0 Å². The topological polar surface area (TPSA) is 35.5 Å². The second kappa shape index (κ2) is 5.03. The van der Waals surface area contributed by atoms with Crippen molar-refractivity contribution in [1.82, 2.24) is 10.2 Å². The van der Waals surface area contributed by atoms with E-state index in [1.54, 1.807) is 0 Å². The second-order valence-electron chi connectivity index (χ2n) is 5.65. The lowest BCUT2D eigenvalue weighted by molar-refractivity contribution is 0.120. The molecule has 0 aromatic heterocycles. The van der Waals surface area contributed by atoms with Crippen LogP contribution in [-0.4, -0.2) is 48.8 Å².